The Bertz CT molecular complexity index is 885. The molecule has 0 aliphatic rings. The first-order valence-electron chi connectivity index (χ1n) is 8.67. The minimum atomic E-state index is -0.217. The van der Waals surface area contributed by atoms with Crippen LogP contribution in [0.5, 0.6) is 5.75 Å². The van der Waals surface area contributed by atoms with Crippen LogP contribution in [-0.2, 0) is 0 Å². The summed E-state index contributed by atoms with van der Waals surface area (Å²) in [6.07, 6.45) is 0. The third kappa shape index (κ3) is 4.11. The van der Waals surface area contributed by atoms with Crippen LogP contribution in [0.3, 0.4) is 0 Å². The van der Waals surface area contributed by atoms with Crippen molar-refractivity contribution in [3.8, 4) is 17.0 Å². The molecular weight excluding hydrogens is 344 g/mol. The van der Waals surface area contributed by atoms with Gasteiger partial charge in [0, 0.05) is 10.9 Å². The first-order chi connectivity index (χ1) is 12.6. The third-order valence-corrected chi connectivity index (χ3v) is 4.79. The Balaban J connectivity index is 1.75. The average molecular weight is 366 g/mol. The second-order valence-corrected chi connectivity index (χ2v) is 7.06. The molecule has 26 heavy (non-hydrogen) atoms. The third-order valence-electron chi connectivity index (χ3n) is 4.03. The second-order valence-electron chi connectivity index (χ2n) is 6.20. The molecule has 2 aromatic carbocycles. The molecule has 1 aromatic heterocycles. The molecule has 1 heterocycles. The highest BCUT2D eigenvalue weighted by Crippen LogP contribution is 2.27. The summed E-state index contributed by atoms with van der Waals surface area (Å²) in [4.78, 5) is 17.1. The number of ether oxygens (including phenoxy) is 1. The molecule has 0 fully saturated rings. The van der Waals surface area contributed by atoms with E-state index >= 15 is 0 Å². The van der Waals surface area contributed by atoms with E-state index in [9.17, 15) is 4.79 Å². The summed E-state index contributed by atoms with van der Waals surface area (Å²) in [5.74, 6) is 0.860. The maximum atomic E-state index is 12.6. The lowest BCUT2D eigenvalue weighted by Crippen LogP contribution is -2.13. The number of nitrogens with zero attached hydrogens (tertiary/aromatic N) is 1. The van der Waals surface area contributed by atoms with Gasteiger partial charge in [-0.3, -0.25) is 10.1 Å². The number of aromatic nitrogens is 1. The first-order valence-corrected chi connectivity index (χ1v) is 9.55. The van der Waals surface area contributed by atoms with Crippen LogP contribution in [0.2, 0.25) is 0 Å². The standard InChI is InChI=1S/C21H22N2O2S/c1-4-25-19-8-6-5-7-17(19)20(24)23-21-22-18(13-26-21)16-11-9-15(10-12-16)14(2)3/h5-14H,4H2,1-3H3,(H,22,23,24). The lowest BCUT2D eigenvalue weighted by Gasteiger charge is -2.09. The van der Waals surface area contributed by atoms with Crippen molar-refractivity contribution in [1.29, 1.82) is 0 Å². The normalized spacial score (nSPS) is 10.8. The Morgan fingerprint density at radius 3 is 2.58 bits per heavy atom. The predicted octanol–water partition coefficient (Wildman–Crippen LogP) is 5.58. The van der Waals surface area contributed by atoms with E-state index in [1.54, 1.807) is 12.1 Å². The molecule has 0 bridgehead atoms. The van der Waals surface area contributed by atoms with Gasteiger partial charge in [-0.2, -0.15) is 0 Å². The number of anilines is 1. The van der Waals surface area contributed by atoms with Crippen molar-refractivity contribution >= 4 is 22.4 Å². The van der Waals surface area contributed by atoms with Crippen molar-refractivity contribution < 1.29 is 9.53 Å². The maximum Gasteiger partial charge on any atom is 0.261 e. The highest BCUT2D eigenvalue weighted by Gasteiger charge is 2.14. The number of para-hydroxylation sites is 1. The van der Waals surface area contributed by atoms with Gasteiger partial charge in [0.2, 0.25) is 0 Å². The van der Waals surface area contributed by atoms with Gasteiger partial charge in [-0.05, 0) is 30.5 Å². The Hall–Kier alpha value is -2.66. The number of carbonyl (C=O) groups is 1. The Morgan fingerprint density at radius 2 is 1.88 bits per heavy atom. The van der Waals surface area contributed by atoms with E-state index in [0.717, 1.165) is 11.3 Å². The Kier molecular flexibility index (Phi) is 5.68. The minimum absolute atomic E-state index is 0.217. The van der Waals surface area contributed by atoms with E-state index in [4.69, 9.17) is 4.74 Å². The van der Waals surface area contributed by atoms with Gasteiger partial charge < -0.3 is 4.74 Å². The van der Waals surface area contributed by atoms with E-state index in [2.05, 4.69) is 48.4 Å². The van der Waals surface area contributed by atoms with Crippen molar-refractivity contribution in [1.82, 2.24) is 4.98 Å². The van der Waals surface area contributed by atoms with Gasteiger partial charge >= 0.3 is 0 Å². The van der Waals surface area contributed by atoms with Gasteiger partial charge in [0.15, 0.2) is 5.13 Å². The van der Waals surface area contributed by atoms with Gasteiger partial charge in [0.1, 0.15) is 5.75 Å². The molecule has 1 amide bonds. The van der Waals surface area contributed by atoms with Crippen LogP contribution in [0.1, 0.15) is 42.6 Å². The molecule has 134 valence electrons. The molecular formula is C21H22N2O2S. The topological polar surface area (TPSA) is 51.2 Å². The highest BCUT2D eigenvalue weighted by molar-refractivity contribution is 7.14. The number of hydrogen-bond acceptors (Lipinski definition) is 4. The van der Waals surface area contributed by atoms with Gasteiger partial charge in [-0.1, -0.05) is 50.2 Å². The van der Waals surface area contributed by atoms with Gasteiger partial charge in [0.25, 0.3) is 5.91 Å². The SMILES string of the molecule is CCOc1ccccc1C(=O)Nc1nc(-c2ccc(C(C)C)cc2)cs1. The molecule has 5 heteroatoms. The van der Waals surface area contributed by atoms with Crippen LogP contribution in [0.4, 0.5) is 5.13 Å². The second kappa shape index (κ2) is 8.15. The molecule has 1 N–H and O–H groups in total. The zero-order chi connectivity index (χ0) is 18.5. The quantitative estimate of drug-likeness (QED) is 0.619. The van der Waals surface area contributed by atoms with Gasteiger partial charge in [0.05, 0.1) is 17.9 Å². The van der Waals surface area contributed by atoms with E-state index in [0.29, 0.717) is 29.0 Å². The maximum absolute atomic E-state index is 12.6. The molecule has 0 saturated carbocycles. The molecule has 0 atom stereocenters. The van der Waals surface area contributed by atoms with Crippen LogP contribution in [0.15, 0.2) is 53.9 Å². The van der Waals surface area contributed by atoms with E-state index in [1.165, 1.54) is 16.9 Å². The van der Waals surface area contributed by atoms with Crippen LogP contribution < -0.4 is 10.1 Å². The number of rotatable bonds is 6. The zero-order valence-electron chi connectivity index (χ0n) is 15.2. The predicted molar refractivity (Wildman–Crippen MR) is 107 cm³/mol. The van der Waals surface area contributed by atoms with Crippen LogP contribution >= 0.6 is 11.3 Å². The molecule has 0 radical (unpaired) electrons. The average Bonchev–Trinajstić information content (AvgIpc) is 3.11. The number of amides is 1. The largest absolute Gasteiger partial charge is 0.493 e. The molecule has 0 saturated heterocycles. The molecule has 0 unspecified atom stereocenters. The Labute approximate surface area is 157 Å². The smallest absolute Gasteiger partial charge is 0.261 e. The van der Waals surface area contributed by atoms with Crippen molar-refractivity contribution in [2.75, 3.05) is 11.9 Å². The fraction of sp³-hybridized carbons (Fsp3) is 0.238. The van der Waals surface area contributed by atoms with E-state index in [-0.39, 0.29) is 5.91 Å². The first kappa shape index (κ1) is 18.1. The molecule has 0 aliphatic heterocycles. The van der Waals surface area contributed by atoms with Crippen LogP contribution in [0, 0.1) is 0 Å². The van der Waals surface area contributed by atoms with Gasteiger partial charge in [-0.15, -0.1) is 11.3 Å². The number of hydrogen-bond donors (Lipinski definition) is 1. The Morgan fingerprint density at radius 1 is 1.15 bits per heavy atom. The van der Waals surface area contributed by atoms with Crippen LogP contribution in [-0.4, -0.2) is 17.5 Å². The molecule has 3 rings (SSSR count). The summed E-state index contributed by atoms with van der Waals surface area (Å²) in [6.45, 7) is 6.75. The van der Waals surface area contributed by atoms with Gasteiger partial charge in [-0.25, -0.2) is 4.98 Å². The highest BCUT2D eigenvalue weighted by atomic mass is 32.1. The lowest BCUT2D eigenvalue weighted by molar-refractivity contribution is 0.102. The summed E-state index contributed by atoms with van der Waals surface area (Å²) in [5, 5.41) is 5.39. The zero-order valence-corrected chi connectivity index (χ0v) is 16.0. The summed E-state index contributed by atoms with van der Waals surface area (Å²) in [7, 11) is 0. The van der Waals surface area contributed by atoms with E-state index < -0.39 is 0 Å². The van der Waals surface area contributed by atoms with Crippen molar-refractivity contribution in [2.24, 2.45) is 0 Å². The molecule has 3 aromatic rings. The number of carbonyl (C=O) groups excluding carboxylic acids is 1. The summed E-state index contributed by atoms with van der Waals surface area (Å²) < 4.78 is 5.52. The van der Waals surface area contributed by atoms with Crippen molar-refractivity contribution in [2.45, 2.75) is 26.7 Å². The monoisotopic (exact) mass is 366 g/mol. The minimum Gasteiger partial charge on any atom is -0.493 e. The van der Waals surface area contributed by atoms with E-state index in [1.807, 2.05) is 24.4 Å². The molecule has 0 spiro atoms. The number of thiazole rings is 1. The fourth-order valence-electron chi connectivity index (χ4n) is 2.60. The summed E-state index contributed by atoms with van der Waals surface area (Å²) >= 11 is 1.41. The van der Waals surface area contributed by atoms with Crippen molar-refractivity contribution in [3.63, 3.8) is 0 Å². The fourth-order valence-corrected chi connectivity index (χ4v) is 3.32. The summed E-state index contributed by atoms with van der Waals surface area (Å²) in [5.41, 5.74) is 3.71. The molecule has 0 aliphatic carbocycles. The van der Waals surface area contributed by atoms with Crippen molar-refractivity contribution in [3.05, 3.63) is 65.0 Å². The summed E-state index contributed by atoms with van der Waals surface area (Å²) in [6, 6.07) is 15.6. The lowest BCUT2D eigenvalue weighted by atomic mass is 10.0. The van der Waals surface area contributed by atoms with Crippen LogP contribution in [0.25, 0.3) is 11.3 Å². The molecule has 4 nitrogen and oxygen atoms in total. The number of nitrogens with one attached hydrogen (secondary N) is 1. The number of benzene rings is 2.